The first-order valence-electron chi connectivity index (χ1n) is 9.75. The van der Waals surface area contributed by atoms with Crippen LogP contribution < -0.4 is 5.32 Å². The lowest BCUT2D eigenvalue weighted by Crippen LogP contribution is -2.42. The van der Waals surface area contributed by atoms with E-state index in [2.05, 4.69) is 5.32 Å². The lowest BCUT2D eigenvalue weighted by Gasteiger charge is -2.30. The largest absolute Gasteiger partial charge is 0.349 e. The van der Waals surface area contributed by atoms with E-state index in [0.717, 1.165) is 11.1 Å². The summed E-state index contributed by atoms with van der Waals surface area (Å²) >= 11 is 12.1. The molecule has 8 heteroatoms. The van der Waals surface area contributed by atoms with Gasteiger partial charge in [0.25, 0.3) is 0 Å². The number of rotatable bonds is 6. The molecule has 30 heavy (non-hydrogen) atoms. The van der Waals surface area contributed by atoms with Gasteiger partial charge in [0, 0.05) is 34.5 Å². The molecule has 1 heterocycles. The number of halogens is 2. The number of benzene rings is 2. The predicted molar refractivity (Wildman–Crippen MR) is 122 cm³/mol. The van der Waals surface area contributed by atoms with Crippen LogP contribution in [0.25, 0.3) is 6.08 Å². The fraction of sp³-hybridized carbons (Fsp3) is 0.318. The summed E-state index contributed by atoms with van der Waals surface area (Å²) in [6.45, 7) is 2.49. The average molecular weight is 467 g/mol. The van der Waals surface area contributed by atoms with Crippen molar-refractivity contribution in [2.45, 2.75) is 25.8 Å². The van der Waals surface area contributed by atoms with E-state index in [4.69, 9.17) is 23.2 Å². The molecule has 1 atom stereocenters. The van der Waals surface area contributed by atoms with Crippen molar-refractivity contribution in [3.63, 3.8) is 0 Å². The number of hydrogen-bond acceptors (Lipinski definition) is 3. The zero-order valence-corrected chi connectivity index (χ0v) is 18.9. The van der Waals surface area contributed by atoms with Crippen molar-refractivity contribution in [3.8, 4) is 0 Å². The Kier molecular flexibility index (Phi) is 7.58. The van der Waals surface area contributed by atoms with Crippen molar-refractivity contribution in [2.24, 2.45) is 5.92 Å². The molecule has 3 rings (SSSR count). The third-order valence-electron chi connectivity index (χ3n) is 5.20. The maximum absolute atomic E-state index is 12.7. The minimum atomic E-state index is -3.52. The zero-order chi connectivity index (χ0) is 21.7. The van der Waals surface area contributed by atoms with Gasteiger partial charge >= 0.3 is 0 Å². The summed E-state index contributed by atoms with van der Waals surface area (Å²) in [6, 6.07) is 14.2. The Hall–Kier alpha value is -1.86. The smallest absolute Gasteiger partial charge is 0.236 e. The molecule has 1 aliphatic heterocycles. The Morgan fingerprint density at radius 3 is 2.43 bits per heavy atom. The molecule has 160 valence electrons. The molecule has 2 aromatic rings. The number of carbonyl (C=O) groups is 1. The second kappa shape index (κ2) is 9.96. The van der Waals surface area contributed by atoms with E-state index in [1.807, 2.05) is 37.3 Å². The van der Waals surface area contributed by atoms with Gasteiger partial charge in [-0.05, 0) is 49.1 Å². The minimum Gasteiger partial charge on any atom is -0.349 e. The first-order chi connectivity index (χ1) is 14.3. The van der Waals surface area contributed by atoms with E-state index in [1.54, 1.807) is 24.3 Å². The number of nitrogens with zero attached hydrogens (tertiary/aromatic N) is 1. The number of sulfonamides is 1. The van der Waals surface area contributed by atoms with Crippen molar-refractivity contribution in [1.29, 1.82) is 0 Å². The van der Waals surface area contributed by atoms with E-state index in [-0.39, 0.29) is 17.9 Å². The van der Waals surface area contributed by atoms with Crippen LogP contribution in [0.2, 0.25) is 10.0 Å². The van der Waals surface area contributed by atoms with Crippen LogP contribution in [0, 0.1) is 5.92 Å². The standard InChI is InChI=1S/C22H24Cl2N2O3S/c1-16(20-8-7-19(23)15-21(20)24)25-22(27)18-9-12-26(13-10-18)30(28,29)14-11-17-5-3-2-4-6-17/h2-8,11,14-16,18H,9-10,12-13H2,1H3,(H,25,27)/b14-11+. The molecule has 0 radical (unpaired) electrons. The molecule has 1 amide bonds. The van der Waals surface area contributed by atoms with Gasteiger partial charge in [-0.2, -0.15) is 4.31 Å². The highest BCUT2D eigenvalue weighted by Crippen LogP contribution is 2.27. The average Bonchev–Trinajstić information content (AvgIpc) is 2.73. The lowest BCUT2D eigenvalue weighted by atomic mass is 9.96. The minimum absolute atomic E-state index is 0.0922. The maximum atomic E-state index is 12.7. The van der Waals surface area contributed by atoms with Gasteiger partial charge in [-0.15, -0.1) is 0 Å². The van der Waals surface area contributed by atoms with Crippen LogP contribution in [-0.2, 0) is 14.8 Å². The summed E-state index contributed by atoms with van der Waals surface area (Å²) in [5.41, 5.74) is 1.62. The van der Waals surface area contributed by atoms with Crippen molar-refractivity contribution in [3.05, 3.63) is 75.1 Å². The first-order valence-corrected chi connectivity index (χ1v) is 12.0. The highest BCUT2D eigenvalue weighted by atomic mass is 35.5. The molecule has 1 saturated heterocycles. The monoisotopic (exact) mass is 466 g/mol. The maximum Gasteiger partial charge on any atom is 0.236 e. The van der Waals surface area contributed by atoms with Crippen LogP contribution >= 0.6 is 23.2 Å². The fourth-order valence-corrected chi connectivity index (χ4v) is 5.24. The van der Waals surface area contributed by atoms with Gasteiger partial charge in [-0.1, -0.05) is 59.6 Å². The molecule has 0 bridgehead atoms. The topological polar surface area (TPSA) is 66.5 Å². The van der Waals surface area contributed by atoms with Gasteiger partial charge in [0.1, 0.15) is 0 Å². The second-order valence-electron chi connectivity index (χ2n) is 7.33. The quantitative estimate of drug-likeness (QED) is 0.659. The van der Waals surface area contributed by atoms with Gasteiger partial charge in [-0.25, -0.2) is 8.42 Å². The Morgan fingerprint density at radius 2 is 1.80 bits per heavy atom. The van der Waals surface area contributed by atoms with Crippen LogP contribution in [0.1, 0.15) is 36.9 Å². The SMILES string of the molecule is CC(NC(=O)C1CCN(S(=O)(=O)/C=C/c2ccccc2)CC1)c1ccc(Cl)cc1Cl. The molecule has 1 N–H and O–H groups in total. The Balaban J connectivity index is 1.55. The number of amides is 1. The number of piperidine rings is 1. The molecule has 0 spiro atoms. The summed E-state index contributed by atoms with van der Waals surface area (Å²) in [5, 5.41) is 5.25. The summed E-state index contributed by atoms with van der Waals surface area (Å²) in [6.07, 6.45) is 2.54. The number of carbonyl (C=O) groups excluding carboxylic acids is 1. The van der Waals surface area contributed by atoms with E-state index in [9.17, 15) is 13.2 Å². The highest BCUT2D eigenvalue weighted by molar-refractivity contribution is 7.92. The highest BCUT2D eigenvalue weighted by Gasteiger charge is 2.30. The summed E-state index contributed by atoms with van der Waals surface area (Å²) in [5.74, 6) is -0.325. The number of nitrogens with one attached hydrogen (secondary N) is 1. The van der Waals surface area contributed by atoms with E-state index in [0.29, 0.717) is 36.0 Å². The summed E-state index contributed by atoms with van der Waals surface area (Å²) < 4.78 is 26.6. The molecule has 1 aliphatic rings. The summed E-state index contributed by atoms with van der Waals surface area (Å²) in [4.78, 5) is 12.7. The van der Waals surface area contributed by atoms with Crippen molar-refractivity contribution < 1.29 is 13.2 Å². The second-order valence-corrected chi connectivity index (χ2v) is 9.99. The van der Waals surface area contributed by atoms with Gasteiger partial charge in [0.15, 0.2) is 0 Å². The van der Waals surface area contributed by atoms with E-state index >= 15 is 0 Å². The van der Waals surface area contributed by atoms with Crippen LogP contribution in [0.15, 0.2) is 53.9 Å². The van der Waals surface area contributed by atoms with Crippen molar-refractivity contribution in [1.82, 2.24) is 9.62 Å². The van der Waals surface area contributed by atoms with Crippen molar-refractivity contribution in [2.75, 3.05) is 13.1 Å². The van der Waals surface area contributed by atoms with Gasteiger partial charge < -0.3 is 5.32 Å². The third-order valence-corrected chi connectivity index (χ3v) is 7.33. The van der Waals surface area contributed by atoms with Crippen LogP contribution in [0.4, 0.5) is 0 Å². The third kappa shape index (κ3) is 5.85. The van der Waals surface area contributed by atoms with Crippen LogP contribution in [0.3, 0.4) is 0 Å². The normalized spacial score (nSPS) is 17.2. The molecule has 5 nitrogen and oxygen atoms in total. The van der Waals surface area contributed by atoms with E-state index < -0.39 is 10.0 Å². The molecule has 2 aromatic carbocycles. The Labute approximate surface area is 187 Å². The van der Waals surface area contributed by atoms with Crippen molar-refractivity contribution >= 4 is 45.2 Å². The van der Waals surface area contributed by atoms with E-state index in [1.165, 1.54) is 9.71 Å². The Morgan fingerprint density at radius 1 is 1.13 bits per heavy atom. The molecular formula is C22H24Cl2N2O3S. The van der Waals surface area contributed by atoms with Gasteiger partial charge in [0.05, 0.1) is 6.04 Å². The van der Waals surface area contributed by atoms with Crippen LogP contribution in [-0.4, -0.2) is 31.7 Å². The molecule has 0 saturated carbocycles. The van der Waals surface area contributed by atoms with Crippen LogP contribution in [0.5, 0.6) is 0 Å². The molecule has 1 unspecified atom stereocenters. The molecule has 1 fully saturated rings. The van der Waals surface area contributed by atoms with Gasteiger partial charge in [-0.3, -0.25) is 4.79 Å². The lowest BCUT2D eigenvalue weighted by molar-refractivity contribution is -0.126. The summed E-state index contributed by atoms with van der Waals surface area (Å²) in [7, 11) is -3.52. The fourth-order valence-electron chi connectivity index (χ4n) is 3.45. The molecule has 0 aromatic heterocycles. The predicted octanol–water partition coefficient (Wildman–Crippen LogP) is 4.88. The molecule has 0 aliphatic carbocycles. The Bertz CT molecular complexity index is 1020. The zero-order valence-electron chi connectivity index (χ0n) is 16.6. The first kappa shape index (κ1) is 22.8. The number of hydrogen-bond donors (Lipinski definition) is 1. The molecular weight excluding hydrogens is 443 g/mol. The van der Waals surface area contributed by atoms with Gasteiger partial charge in [0.2, 0.25) is 15.9 Å².